The molecule has 0 bridgehead atoms. The van der Waals surface area contributed by atoms with Crippen LogP contribution in [0.25, 0.3) is 0 Å². The first-order chi connectivity index (χ1) is 7.54. The van der Waals surface area contributed by atoms with Crippen molar-refractivity contribution in [2.45, 2.75) is 13.1 Å². The second kappa shape index (κ2) is 4.47. The van der Waals surface area contributed by atoms with Crippen LogP contribution in [0.4, 0.5) is 0 Å². The molecule has 1 aromatic rings. The molecular formula is C9H11N3O4. The fraction of sp³-hybridized carbons (Fsp3) is 0.222. The lowest BCUT2D eigenvalue weighted by Gasteiger charge is -2.07. The molecule has 0 aliphatic rings. The highest BCUT2D eigenvalue weighted by Gasteiger charge is 2.12. The van der Waals surface area contributed by atoms with Gasteiger partial charge >= 0.3 is 17.1 Å². The summed E-state index contributed by atoms with van der Waals surface area (Å²) < 4.78 is 1.27. The highest BCUT2D eigenvalue weighted by Crippen LogP contribution is 1.75. The van der Waals surface area contributed by atoms with Crippen LogP contribution in [0.5, 0.6) is 0 Å². The predicted molar refractivity (Wildman–Crippen MR) is 56.8 cm³/mol. The van der Waals surface area contributed by atoms with E-state index in [-0.39, 0.29) is 17.8 Å². The van der Waals surface area contributed by atoms with Crippen molar-refractivity contribution in [3.8, 4) is 0 Å². The number of nitrogens with zero attached hydrogens (tertiary/aromatic N) is 3. The average Bonchev–Trinajstić information content (AvgIpc) is 2.28. The van der Waals surface area contributed by atoms with Gasteiger partial charge in [0.1, 0.15) is 0 Å². The molecule has 1 rings (SSSR count). The van der Waals surface area contributed by atoms with E-state index in [0.29, 0.717) is 9.13 Å². The number of aromatic nitrogens is 3. The van der Waals surface area contributed by atoms with E-state index in [9.17, 15) is 19.6 Å². The van der Waals surface area contributed by atoms with Crippen LogP contribution in [-0.4, -0.2) is 19.1 Å². The standard InChI is InChI=1S/C9H11N3O4/c1-3-5-10-7(13)11(6-4-2)9(15)12(16)8(10)14/h3-4,16H,1-2,5-6H2. The molecule has 0 aliphatic heterocycles. The Morgan fingerprint density at radius 1 is 0.938 bits per heavy atom. The van der Waals surface area contributed by atoms with Crippen LogP contribution in [0, 0.1) is 0 Å². The van der Waals surface area contributed by atoms with Crippen molar-refractivity contribution in [1.82, 2.24) is 13.9 Å². The molecule has 0 saturated heterocycles. The van der Waals surface area contributed by atoms with Crippen LogP contribution >= 0.6 is 0 Å². The fourth-order valence-electron chi connectivity index (χ4n) is 1.19. The van der Waals surface area contributed by atoms with E-state index in [4.69, 9.17) is 0 Å². The summed E-state index contributed by atoms with van der Waals surface area (Å²) in [7, 11) is 0. The molecule has 0 unspecified atom stereocenters. The molecule has 0 atom stereocenters. The van der Waals surface area contributed by atoms with Crippen molar-refractivity contribution in [3.63, 3.8) is 0 Å². The summed E-state index contributed by atoms with van der Waals surface area (Å²) in [5.74, 6) is 0. The lowest BCUT2D eigenvalue weighted by molar-refractivity contribution is 0.140. The van der Waals surface area contributed by atoms with Gasteiger partial charge in [0.2, 0.25) is 0 Å². The second-order valence-corrected chi connectivity index (χ2v) is 2.96. The summed E-state index contributed by atoms with van der Waals surface area (Å²) in [5, 5.41) is 9.19. The third-order valence-corrected chi connectivity index (χ3v) is 1.91. The van der Waals surface area contributed by atoms with Gasteiger partial charge in [-0.05, 0) is 0 Å². The maximum atomic E-state index is 11.6. The minimum absolute atomic E-state index is 0.0876. The van der Waals surface area contributed by atoms with E-state index in [0.717, 1.165) is 0 Å². The van der Waals surface area contributed by atoms with Gasteiger partial charge in [0.15, 0.2) is 0 Å². The first kappa shape index (κ1) is 11.8. The summed E-state index contributed by atoms with van der Waals surface area (Å²) in [6.07, 6.45) is 2.62. The summed E-state index contributed by atoms with van der Waals surface area (Å²) >= 11 is 0. The average molecular weight is 225 g/mol. The minimum Gasteiger partial charge on any atom is -0.420 e. The Hall–Kier alpha value is -2.31. The van der Waals surface area contributed by atoms with Gasteiger partial charge < -0.3 is 5.21 Å². The van der Waals surface area contributed by atoms with Gasteiger partial charge in [0, 0.05) is 0 Å². The minimum atomic E-state index is -1.09. The Morgan fingerprint density at radius 2 is 1.31 bits per heavy atom. The van der Waals surface area contributed by atoms with Crippen molar-refractivity contribution >= 4 is 0 Å². The zero-order valence-corrected chi connectivity index (χ0v) is 8.50. The third-order valence-electron chi connectivity index (χ3n) is 1.91. The molecule has 0 fully saturated rings. The SMILES string of the molecule is C=CCn1c(=O)n(O)c(=O)n(CC=C)c1=O. The van der Waals surface area contributed by atoms with E-state index in [1.54, 1.807) is 0 Å². The quantitative estimate of drug-likeness (QED) is 0.514. The third kappa shape index (κ3) is 1.74. The van der Waals surface area contributed by atoms with E-state index in [1.807, 2.05) is 0 Å². The Labute approximate surface area is 89.8 Å². The highest BCUT2D eigenvalue weighted by molar-refractivity contribution is 4.82. The molecule has 1 aromatic heterocycles. The Bertz CT molecular complexity index is 542. The molecule has 7 nitrogen and oxygen atoms in total. The van der Waals surface area contributed by atoms with Gasteiger partial charge in [-0.15, -0.1) is 13.2 Å². The molecule has 0 amide bonds. The van der Waals surface area contributed by atoms with Crippen molar-refractivity contribution in [3.05, 3.63) is 56.8 Å². The van der Waals surface area contributed by atoms with Crippen molar-refractivity contribution < 1.29 is 5.21 Å². The molecule has 16 heavy (non-hydrogen) atoms. The summed E-state index contributed by atoms with van der Waals surface area (Å²) in [6.45, 7) is 6.56. The number of allylic oxidation sites excluding steroid dienone is 2. The van der Waals surface area contributed by atoms with Crippen LogP contribution in [0.2, 0.25) is 0 Å². The van der Waals surface area contributed by atoms with E-state index < -0.39 is 17.1 Å². The van der Waals surface area contributed by atoms with Crippen LogP contribution in [0.15, 0.2) is 39.7 Å². The maximum absolute atomic E-state index is 11.6. The summed E-state index contributed by atoms with van der Waals surface area (Å²) in [5.41, 5.74) is -2.98. The van der Waals surface area contributed by atoms with Crippen molar-refractivity contribution in [2.24, 2.45) is 0 Å². The van der Waals surface area contributed by atoms with Gasteiger partial charge in [-0.3, -0.25) is 0 Å². The zero-order chi connectivity index (χ0) is 12.3. The normalized spacial score (nSPS) is 10.0. The van der Waals surface area contributed by atoms with Gasteiger partial charge in [-0.1, -0.05) is 16.9 Å². The Kier molecular flexibility index (Phi) is 3.29. The van der Waals surface area contributed by atoms with Crippen molar-refractivity contribution in [1.29, 1.82) is 0 Å². The molecule has 7 heteroatoms. The van der Waals surface area contributed by atoms with Gasteiger partial charge in [-0.2, -0.15) is 0 Å². The second-order valence-electron chi connectivity index (χ2n) is 2.96. The van der Waals surface area contributed by atoms with Gasteiger partial charge in [0.05, 0.1) is 13.1 Å². The molecule has 1 heterocycles. The molecule has 0 aromatic carbocycles. The molecule has 0 spiro atoms. The smallest absolute Gasteiger partial charge is 0.370 e. The van der Waals surface area contributed by atoms with Crippen LogP contribution in [0.1, 0.15) is 0 Å². The number of hydrogen-bond donors (Lipinski definition) is 1. The molecule has 0 saturated carbocycles. The van der Waals surface area contributed by atoms with E-state index in [1.165, 1.54) is 12.2 Å². The molecular weight excluding hydrogens is 214 g/mol. The van der Waals surface area contributed by atoms with Crippen molar-refractivity contribution in [2.75, 3.05) is 0 Å². The molecule has 86 valence electrons. The van der Waals surface area contributed by atoms with E-state index >= 15 is 0 Å². The highest BCUT2D eigenvalue weighted by atomic mass is 16.5. The first-order valence-electron chi connectivity index (χ1n) is 4.42. The van der Waals surface area contributed by atoms with Crippen LogP contribution in [-0.2, 0) is 13.1 Å². The Balaban J connectivity index is 3.72. The predicted octanol–water partition coefficient (Wildman–Crippen LogP) is -1.22. The topological polar surface area (TPSA) is 86.2 Å². The molecule has 1 N–H and O–H groups in total. The number of rotatable bonds is 4. The number of hydrogen-bond acceptors (Lipinski definition) is 4. The monoisotopic (exact) mass is 225 g/mol. The lowest BCUT2D eigenvalue weighted by Crippen LogP contribution is -2.53. The maximum Gasteiger partial charge on any atom is 0.370 e. The van der Waals surface area contributed by atoms with Crippen LogP contribution < -0.4 is 17.1 Å². The first-order valence-corrected chi connectivity index (χ1v) is 4.42. The lowest BCUT2D eigenvalue weighted by atomic mass is 10.6. The van der Waals surface area contributed by atoms with Gasteiger partial charge in [0.25, 0.3) is 0 Å². The largest absolute Gasteiger partial charge is 0.420 e. The summed E-state index contributed by atoms with van der Waals surface area (Å²) in [4.78, 5) is 34.3. The van der Waals surface area contributed by atoms with Crippen LogP contribution in [0.3, 0.4) is 0 Å². The molecule has 0 aliphatic carbocycles. The zero-order valence-electron chi connectivity index (χ0n) is 8.50. The summed E-state index contributed by atoms with van der Waals surface area (Å²) in [6, 6.07) is 0. The fourth-order valence-corrected chi connectivity index (χ4v) is 1.19. The van der Waals surface area contributed by atoms with E-state index in [2.05, 4.69) is 13.2 Å². The molecule has 0 radical (unpaired) electrons. The Morgan fingerprint density at radius 3 is 1.62 bits per heavy atom. The van der Waals surface area contributed by atoms with Gasteiger partial charge in [-0.25, -0.2) is 23.5 Å².